The topological polar surface area (TPSA) is 62.2 Å². The van der Waals surface area contributed by atoms with Crippen molar-refractivity contribution >= 4 is 0 Å². The number of unbranched alkanes of at least 4 members (excludes halogenated alkanes) is 1. The van der Waals surface area contributed by atoms with Gasteiger partial charge in [-0.2, -0.15) is 0 Å². The van der Waals surface area contributed by atoms with Crippen LogP contribution >= 0.6 is 0 Å². The number of piperidine rings is 1. The van der Waals surface area contributed by atoms with E-state index >= 15 is 0 Å². The molecule has 5 heteroatoms. The zero-order valence-corrected chi connectivity index (χ0v) is 34.2. The van der Waals surface area contributed by atoms with Crippen molar-refractivity contribution in [3.63, 3.8) is 0 Å². The fourth-order valence-electron chi connectivity index (χ4n) is 5.89. The number of aryl methyl sites for hydroxylation is 2. The average Bonchev–Trinajstić information content (AvgIpc) is 3.12. The first kappa shape index (κ1) is 46.0. The first-order valence-electron chi connectivity index (χ1n) is 19.7. The molecule has 0 aliphatic carbocycles. The monoisotopic (exact) mass is 706 g/mol. The van der Waals surface area contributed by atoms with Gasteiger partial charge in [0.2, 0.25) is 0 Å². The van der Waals surface area contributed by atoms with E-state index in [1.54, 1.807) is 26.4 Å². The molecule has 1 saturated heterocycles. The van der Waals surface area contributed by atoms with Crippen molar-refractivity contribution in [1.29, 1.82) is 0 Å². The van der Waals surface area contributed by atoms with Gasteiger partial charge in [-0.3, -0.25) is 4.90 Å². The number of phenols is 1. The molecule has 1 aliphatic rings. The molecule has 0 unspecified atom stereocenters. The summed E-state index contributed by atoms with van der Waals surface area (Å²) in [6, 6.07) is 24.4. The summed E-state index contributed by atoms with van der Waals surface area (Å²) in [7, 11) is 3.33. The van der Waals surface area contributed by atoms with Gasteiger partial charge in [0, 0.05) is 13.2 Å². The van der Waals surface area contributed by atoms with E-state index in [1.165, 1.54) is 68.3 Å². The quantitative estimate of drug-likeness (QED) is 0.154. The van der Waals surface area contributed by atoms with Crippen molar-refractivity contribution in [3.8, 4) is 17.2 Å². The Bertz CT molecular complexity index is 1230. The Hall–Kier alpha value is -3.02. The highest BCUT2D eigenvalue weighted by atomic mass is 16.5. The van der Waals surface area contributed by atoms with Crippen LogP contribution in [0.25, 0.3) is 0 Å². The normalized spacial score (nSPS) is 13.2. The van der Waals surface area contributed by atoms with Crippen LogP contribution < -0.4 is 9.47 Å². The standard InChI is InChI=1S/C15H23N.C13H20O2.C11H16O.C7H16O/c1-13(2)15-8-10-16(11-9-15)12-14-6-4-3-5-7-14;1-10(2)5-6-11-7-8-12(14-3)13(9-11)15-4;1-9(2)3-4-10-5-7-11(12)8-6-10;1-7(2)5-3-4-6-8/h3-7,13,15H,8-12H2,1-2H3;7-10H,5-6H2,1-4H3;5-9,12H,3-4H2,1-2H3;7-8H,3-6H2,1-2H3. The van der Waals surface area contributed by atoms with E-state index in [0.29, 0.717) is 12.4 Å². The van der Waals surface area contributed by atoms with E-state index in [1.807, 2.05) is 18.2 Å². The zero-order valence-electron chi connectivity index (χ0n) is 34.2. The molecule has 0 spiro atoms. The third kappa shape index (κ3) is 22.5. The largest absolute Gasteiger partial charge is 0.508 e. The summed E-state index contributed by atoms with van der Waals surface area (Å²) in [6.45, 7) is 22.1. The van der Waals surface area contributed by atoms with E-state index in [9.17, 15) is 0 Å². The van der Waals surface area contributed by atoms with Crippen LogP contribution in [-0.2, 0) is 19.4 Å². The van der Waals surface area contributed by atoms with Gasteiger partial charge < -0.3 is 19.7 Å². The number of aromatic hydroxyl groups is 1. The molecule has 3 aromatic carbocycles. The van der Waals surface area contributed by atoms with Crippen molar-refractivity contribution in [2.24, 2.45) is 29.6 Å². The smallest absolute Gasteiger partial charge is 0.160 e. The van der Waals surface area contributed by atoms with Gasteiger partial charge in [-0.25, -0.2) is 0 Å². The van der Waals surface area contributed by atoms with Crippen LogP contribution in [0.15, 0.2) is 72.8 Å². The van der Waals surface area contributed by atoms with Crippen molar-refractivity contribution in [2.75, 3.05) is 33.9 Å². The van der Waals surface area contributed by atoms with E-state index in [-0.39, 0.29) is 0 Å². The van der Waals surface area contributed by atoms with E-state index in [0.717, 1.165) is 66.9 Å². The number of aliphatic hydroxyl groups is 1. The number of phenolic OH excluding ortho intramolecular Hbond substituents is 1. The third-order valence-corrected chi connectivity index (χ3v) is 9.42. The summed E-state index contributed by atoms with van der Waals surface area (Å²) in [5.41, 5.74) is 4.06. The molecule has 51 heavy (non-hydrogen) atoms. The van der Waals surface area contributed by atoms with E-state index in [2.05, 4.69) is 103 Å². The molecule has 0 bridgehead atoms. The highest BCUT2D eigenvalue weighted by Gasteiger charge is 2.21. The second kappa shape index (κ2) is 27.6. The molecule has 5 nitrogen and oxygen atoms in total. The molecule has 1 aliphatic heterocycles. The summed E-state index contributed by atoms with van der Waals surface area (Å²) < 4.78 is 10.5. The number of rotatable bonds is 15. The summed E-state index contributed by atoms with van der Waals surface area (Å²) >= 11 is 0. The molecule has 0 saturated carbocycles. The molecule has 0 aromatic heterocycles. The van der Waals surface area contributed by atoms with Crippen LogP contribution in [0.4, 0.5) is 0 Å². The maximum atomic E-state index is 9.03. The molecule has 1 fully saturated rings. The van der Waals surface area contributed by atoms with Crippen LogP contribution in [0, 0.1) is 29.6 Å². The van der Waals surface area contributed by atoms with Crippen molar-refractivity contribution in [3.05, 3.63) is 89.5 Å². The summed E-state index contributed by atoms with van der Waals surface area (Å²) in [6.07, 6.45) is 10.8. The molecule has 0 radical (unpaired) electrons. The molecule has 4 rings (SSSR count). The van der Waals surface area contributed by atoms with Gasteiger partial charge in [-0.15, -0.1) is 0 Å². The van der Waals surface area contributed by atoms with Crippen LogP contribution in [-0.4, -0.2) is 49.0 Å². The lowest BCUT2D eigenvalue weighted by molar-refractivity contribution is 0.152. The Balaban J connectivity index is 0.000000350. The van der Waals surface area contributed by atoms with Crippen molar-refractivity contribution in [2.45, 2.75) is 120 Å². The summed E-state index contributed by atoms with van der Waals surface area (Å²) in [5, 5.41) is 17.4. The molecule has 0 amide bonds. The lowest BCUT2D eigenvalue weighted by Crippen LogP contribution is -2.34. The van der Waals surface area contributed by atoms with Crippen LogP contribution in [0.5, 0.6) is 17.2 Å². The fourth-order valence-corrected chi connectivity index (χ4v) is 5.89. The van der Waals surface area contributed by atoms with Crippen LogP contribution in [0.2, 0.25) is 0 Å². The number of hydrogen-bond acceptors (Lipinski definition) is 5. The highest BCUT2D eigenvalue weighted by molar-refractivity contribution is 5.42. The van der Waals surface area contributed by atoms with Gasteiger partial charge in [-0.05, 0) is 129 Å². The van der Waals surface area contributed by atoms with E-state index in [4.69, 9.17) is 19.7 Å². The first-order chi connectivity index (χ1) is 24.4. The second-order valence-electron chi connectivity index (χ2n) is 15.7. The van der Waals surface area contributed by atoms with Crippen LogP contribution in [0.1, 0.15) is 117 Å². The number of aliphatic hydroxyl groups excluding tert-OH is 1. The summed E-state index contributed by atoms with van der Waals surface area (Å²) in [4.78, 5) is 2.59. The number of methoxy groups -OCH3 is 2. The van der Waals surface area contributed by atoms with Gasteiger partial charge in [0.15, 0.2) is 11.5 Å². The van der Waals surface area contributed by atoms with Gasteiger partial charge >= 0.3 is 0 Å². The maximum absolute atomic E-state index is 9.03. The Labute approximate surface area is 313 Å². The minimum atomic E-state index is 0.350. The Morgan fingerprint density at radius 1 is 0.627 bits per heavy atom. The van der Waals surface area contributed by atoms with E-state index < -0.39 is 0 Å². The maximum Gasteiger partial charge on any atom is 0.160 e. The zero-order chi connectivity index (χ0) is 38.0. The Morgan fingerprint density at radius 3 is 1.65 bits per heavy atom. The van der Waals surface area contributed by atoms with Crippen molar-refractivity contribution in [1.82, 2.24) is 4.90 Å². The minimum Gasteiger partial charge on any atom is -0.508 e. The molecular weight excluding hydrogens is 631 g/mol. The second-order valence-corrected chi connectivity index (χ2v) is 15.7. The Kier molecular flexibility index (Phi) is 24.9. The van der Waals surface area contributed by atoms with Crippen molar-refractivity contribution < 1.29 is 19.7 Å². The van der Waals surface area contributed by atoms with Crippen LogP contribution in [0.3, 0.4) is 0 Å². The van der Waals surface area contributed by atoms with Gasteiger partial charge in [-0.1, -0.05) is 117 Å². The molecule has 1 heterocycles. The predicted molar refractivity (Wildman–Crippen MR) is 219 cm³/mol. The fraction of sp³-hybridized carbons (Fsp3) is 0.609. The lowest BCUT2D eigenvalue weighted by Gasteiger charge is -2.33. The number of ether oxygens (including phenoxy) is 2. The number of nitrogens with zero attached hydrogens (tertiary/aromatic N) is 1. The Morgan fingerprint density at radius 2 is 1.16 bits per heavy atom. The number of likely N-dealkylation sites (tertiary alicyclic amines) is 1. The molecular formula is C46H75NO4. The number of hydrogen-bond donors (Lipinski definition) is 2. The summed E-state index contributed by atoms with van der Waals surface area (Å²) in [5.74, 6) is 6.05. The molecule has 288 valence electrons. The molecule has 2 N–H and O–H groups in total. The van der Waals surface area contributed by atoms with Gasteiger partial charge in [0.1, 0.15) is 5.75 Å². The molecule has 0 atom stereocenters. The predicted octanol–water partition coefficient (Wildman–Crippen LogP) is 11.6. The minimum absolute atomic E-state index is 0.350. The first-order valence-corrected chi connectivity index (χ1v) is 19.7. The highest BCUT2D eigenvalue weighted by Crippen LogP contribution is 2.28. The lowest BCUT2D eigenvalue weighted by atomic mass is 9.86. The SMILES string of the molecule is CC(C)C1CCN(Cc2ccccc2)CC1.CC(C)CCCCO.CC(C)CCc1ccc(O)cc1.COc1ccc(CCC(C)C)cc1OC. The molecule has 3 aromatic rings. The average molecular weight is 706 g/mol. The number of benzene rings is 3. The third-order valence-electron chi connectivity index (χ3n) is 9.42. The van der Waals surface area contributed by atoms with Gasteiger partial charge in [0.05, 0.1) is 14.2 Å². The van der Waals surface area contributed by atoms with Gasteiger partial charge in [0.25, 0.3) is 0 Å².